The number of nitrogens with zero attached hydrogens (tertiary/aromatic N) is 2. The normalized spacial score (nSPS) is 21.2. The van der Waals surface area contributed by atoms with Crippen molar-refractivity contribution in [2.75, 3.05) is 39.3 Å². The van der Waals surface area contributed by atoms with E-state index in [0.717, 1.165) is 78.8 Å². The topological polar surface area (TPSA) is 143 Å². The number of hydrogen-bond donors (Lipinski definition) is 5. The predicted octanol–water partition coefficient (Wildman–Crippen LogP) is 7.60. The summed E-state index contributed by atoms with van der Waals surface area (Å²) in [6, 6.07) is 17.5. The standard InChI is InChI=1S/C43H52Cl3N5O5/c1-26(52)36(30-8-11-47-20-30)17-27-2-5-39(44)33(14-27)23-51(25-35-16-29(4-7-41(35)46)19-38(43(54)55)32-10-13-49-22-32)24-34-15-28(3-6-40(34)45)18-37(42(53)50-56)31-9-12-48-21-31/h2-7,14-16,30-32,36-38,47-49,52H,1,8-13,17-25H2,(H,54,55). The van der Waals surface area contributed by atoms with Crippen LogP contribution in [0.3, 0.4) is 0 Å². The van der Waals surface area contributed by atoms with Crippen LogP contribution in [0.4, 0.5) is 0 Å². The molecule has 3 aliphatic rings. The van der Waals surface area contributed by atoms with Crippen LogP contribution in [0.1, 0.15) is 52.6 Å². The second-order valence-electron chi connectivity index (χ2n) is 15.9. The molecule has 5 N–H and O–H groups in total. The molecule has 3 fully saturated rings. The molecule has 6 unspecified atom stereocenters. The van der Waals surface area contributed by atoms with Crippen molar-refractivity contribution in [1.82, 2.24) is 20.9 Å². The quantitative estimate of drug-likeness (QED) is 0.0648. The predicted molar refractivity (Wildman–Crippen MR) is 222 cm³/mol. The summed E-state index contributed by atoms with van der Waals surface area (Å²) in [7, 11) is 0. The zero-order chi connectivity index (χ0) is 39.8. The zero-order valence-corrected chi connectivity index (χ0v) is 33.9. The lowest BCUT2D eigenvalue weighted by Crippen LogP contribution is -2.27. The number of carbonyl (C=O) groups is 2. The monoisotopic (exact) mass is 823 g/mol. The Morgan fingerprint density at radius 1 is 0.661 bits per heavy atom. The third kappa shape index (κ3) is 11.0. The highest BCUT2D eigenvalue weighted by atomic mass is 35.5. The average molecular weight is 825 g/mol. The number of aliphatic hydroxyl groups excluding tert-OH is 1. The molecule has 10 nitrogen and oxygen atoms in total. The summed E-state index contributed by atoms with van der Waals surface area (Å²) in [6.07, 6.45) is 4.00. The minimum atomic E-state index is -0.797. The molecule has 0 aliphatic carbocycles. The summed E-state index contributed by atoms with van der Waals surface area (Å²) in [5.41, 5.74) is 5.41. The van der Waals surface area contributed by atoms with Gasteiger partial charge in [0.05, 0.1) is 17.6 Å². The van der Waals surface area contributed by atoms with Crippen molar-refractivity contribution >= 4 is 46.7 Å². The number of amides is 1. The van der Waals surface area contributed by atoms with E-state index in [4.69, 9.17) is 34.8 Å². The summed E-state index contributed by atoms with van der Waals surface area (Å²) < 4.78 is 0. The number of aliphatic carboxylic acids is 1. The molecular formula is C43H52Cl3N5O5. The fourth-order valence-electron chi connectivity index (χ4n) is 8.88. The van der Waals surface area contributed by atoms with Crippen LogP contribution in [0, 0.1) is 40.4 Å². The van der Waals surface area contributed by atoms with Crippen molar-refractivity contribution in [3.63, 3.8) is 0 Å². The number of rotatable bonds is 18. The molecule has 13 heteroatoms. The first-order chi connectivity index (χ1) is 27.0. The molecule has 0 saturated carbocycles. The Morgan fingerprint density at radius 2 is 1.04 bits per heavy atom. The van der Waals surface area contributed by atoms with E-state index in [-0.39, 0.29) is 23.5 Å². The van der Waals surface area contributed by atoms with E-state index in [1.807, 2.05) is 48.5 Å². The van der Waals surface area contributed by atoms with Gasteiger partial charge in [0.1, 0.15) is 0 Å². The van der Waals surface area contributed by atoms with Crippen LogP contribution in [0.5, 0.6) is 0 Å². The van der Waals surface area contributed by atoms with Crippen molar-refractivity contribution in [1.29, 1.82) is 0 Å². The van der Waals surface area contributed by atoms with Gasteiger partial charge in [0.25, 0.3) is 5.91 Å². The summed E-state index contributed by atoms with van der Waals surface area (Å²) in [4.78, 5) is 38.7. The molecule has 0 radical (unpaired) electrons. The van der Waals surface area contributed by atoms with Gasteiger partial charge in [-0.2, -0.15) is 0 Å². The van der Waals surface area contributed by atoms with E-state index in [1.165, 1.54) is 0 Å². The Morgan fingerprint density at radius 3 is 1.39 bits per heavy atom. The largest absolute Gasteiger partial charge is 0.513 e. The molecule has 300 valence electrons. The van der Waals surface area contributed by atoms with Gasteiger partial charge in [-0.25, -0.2) is 0 Å². The zero-order valence-electron chi connectivity index (χ0n) is 31.6. The lowest BCUT2D eigenvalue weighted by atomic mass is 9.84. The fraction of sp³-hybridized carbons (Fsp3) is 0.488. The molecule has 3 aliphatic heterocycles. The SMILES string of the molecule is C=C(O)C(Cc1ccc(Cl)c(CN(Cc2cc(CC(C(=O)O)C3CCNC3)ccc2Cl)Cc2cc(CC(C(=O)N=O)C3CCNC3)ccc2Cl)c1)C1CCNC1. The number of nitroso groups, excluding NO2 is 1. The van der Waals surface area contributed by atoms with E-state index in [2.05, 4.69) is 38.7 Å². The van der Waals surface area contributed by atoms with E-state index in [1.54, 1.807) is 0 Å². The Balaban J connectivity index is 1.30. The molecule has 6 atom stereocenters. The molecule has 0 bridgehead atoms. The number of carboxylic acid groups (broad SMARTS) is 1. The van der Waals surface area contributed by atoms with Crippen molar-refractivity contribution in [2.45, 2.75) is 58.2 Å². The van der Waals surface area contributed by atoms with Gasteiger partial charge in [-0.05, 0) is 147 Å². The summed E-state index contributed by atoms with van der Waals surface area (Å²) >= 11 is 20.7. The minimum Gasteiger partial charge on any atom is -0.513 e. The smallest absolute Gasteiger partial charge is 0.307 e. The Labute approximate surface area is 344 Å². The highest BCUT2D eigenvalue weighted by Gasteiger charge is 2.33. The molecule has 1 amide bonds. The number of carbonyl (C=O) groups excluding carboxylic acids is 1. The summed E-state index contributed by atoms with van der Waals surface area (Å²) in [6.45, 7) is 9.86. The third-order valence-corrected chi connectivity index (χ3v) is 13.1. The second kappa shape index (κ2) is 19.9. The average Bonchev–Trinajstić information content (AvgIpc) is 4.00. The molecule has 3 heterocycles. The number of carboxylic acids is 1. The molecule has 3 saturated heterocycles. The van der Waals surface area contributed by atoms with Gasteiger partial charge < -0.3 is 26.2 Å². The maximum absolute atomic E-state index is 12.7. The number of hydrogen-bond acceptors (Lipinski definition) is 8. The van der Waals surface area contributed by atoms with Gasteiger partial charge in [0.2, 0.25) is 0 Å². The van der Waals surface area contributed by atoms with Gasteiger partial charge in [-0.3, -0.25) is 14.5 Å². The van der Waals surface area contributed by atoms with Crippen molar-refractivity contribution < 1.29 is 19.8 Å². The number of allylic oxidation sites excluding steroid dienone is 1. The van der Waals surface area contributed by atoms with Crippen molar-refractivity contribution in [3.8, 4) is 0 Å². The van der Waals surface area contributed by atoms with Gasteiger partial charge in [-0.15, -0.1) is 4.91 Å². The number of aliphatic hydroxyl groups is 1. The first kappa shape index (κ1) is 42.3. The molecule has 6 rings (SSSR count). The number of halogens is 3. The summed E-state index contributed by atoms with van der Waals surface area (Å²) in [5.74, 6) is -1.99. The lowest BCUT2D eigenvalue weighted by Gasteiger charge is -2.26. The van der Waals surface area contributed by atoms with Gasteiger partial charge in [0.15, 0.2) is 0 Å². The van der Waals surface area contributed by atoms with E-state index in [0.29, 0.717) is 73.0 Å². The maximum Gasteiger partial charge on any atom is 0.307 e. The first-order valence-corrected chi connectivity index (χ1v) is 20.8. The summed E-state index contributed by atoms with van der Waals surface area (Å²) in [5, 5.41) is 35.2. The van der Waals surface area contributed by atoms with Crippen molar-refractivity contribution in [2.24, 2.45) is 40.7 Å². The van der Waals surface area contributed by atoms with Crippen LogP contribution in [-0.2, 0) is 48.5 Å². The van der Waals surface area contributed by atoms with Crippen molar-refractivity contribution in [3.05, 3.63) is 120 Å². The van der Waals surface area contributed by atoms with Crippen LogP contribution in [0.15, 0.2) is 72.1 Å². The van der Waals surface area contributed by atoms with Crippen LogP contribution >= 0.6 is 34.8 Å². The highest BCUT2D eigenvalue weighted by molar-refractivity contribution is 6.32. The third-order valence-electron chi connectivity index (χ3n) is 12.0. The highest BCUT2D eigenvalue weighted by Crippen LogP contribution is 2.33. The van der Waals surface area contributed by atoms with Crippen LogP contribution < -0.4 is 16.0 Å². The van der Waals surface area contributed by atoms with E-state index in [9.17, 15) is 24.7 Å². The van der Waals surface area contributed by atoms with Crippen LogP contribution in [0.25, 0.3) is 0 Å². The van der Waals surface area contributed by atoms with Crippen LogP contribution in [0.2, 0.25) is 15.1 Å². The Bertz CT molecular complexity index is 1790. The van der Waals surface area contributed by atoms with Gasteiger partial charge in [-0.1, -0.05) is 77.8 Å². The molecule has 0 spiro atoms. The van der Waals surface area contributed by atoms with E-state index < -0.39 is 23.7 Å². The molecule has 56 heavy (non-hydrogen) atoms. The van der Waals surface area contributed by atoms with Crippen LogP contribution in [-0.4, -0.2) is 66.3 Å². The molecule has 0 aromatic heterocycles. The van der Waals surface area contributed by atoms with Gasteiger partial charge in [0, 0.05) is 45.8 Å². The number of nitrogens with one attached hydrogen (secondary N) is 3. The minimum absolute atomic E-state index is 0.0258. The lowest BCUT2D eigenvalue weighted by molar-refractivity contribution is -0.143. The second-order valence-corrected chi connectivity index (χ2v) is 17.1. The molecule has 3 aromatic carbocycles. The fourth-order valence-corrected chi connectivity index (χ4v) is 9.41. The molecular weight excluding hydrogens is 773 g/mol. The number of benzene rings is 3. The maximum atomic E-state index is 12.7. The Hall–Kier alpha value is -3.35. The Kier molecular flexibility index (Phi) is 15.0. The molecule has 3 aromatic rings. The van der Waals surface area contributed by atoms with Gasteiger partial charge >= 0.3 is 5.97 Å². The van der Waals surface area contributed by atoms with E-state index >= 15 is 0 Å². The first-order valence-electron chi connectivity index (χ1n) is 19.6.